The molecule has 0 aliphatic carbocycles. The number of para-hydroxylation sites is 1. The van der Waals surface area contributed by atoms with Crippen LogP contribution in [0.1, 0.15) is 30.0 Å². The van der Waals surface area contributed by atoms with Crippen molar-refractivity contribution in [3.8, 4) is 0 Å². The Kier molecular flexibility index (Phi) is 6.14. The number of carbonyl (C=O) groups excluding carboxylic acids is 1. The summed E-state index contributed by atoms with van der Waals surface area (Å²) >= 11 is 0. The number of hydrogen-bond acceptors (Lipinski definition) is 5. The number of amides is 2. The van der Waals surface area contributed by atoms with Crippen molar-refractivity contribution in [3.05, 3.63) is 71.7 Å². The molecule has 0 atom stereocenters. The van der Waals surface area contributed by atoms with Gasteiger partial charge in [-0.15, -0.1) is 10.2 Å². The maximum atomic E-state index is 12.5. The number of pyridine rings is 1. The smallest absolute Gasteiger partial charge is 0.322 e. The van der Waals surface area contributed by atoms with Crippen LogP contribution in [0.2, 0.25) is 0 Å². The summed E-state index contributed by atoms with van der Waals surface area (Å²) in [6.07, 6.45) is 4.07. The molecule has 0 aliphatic rings. The molecular weight excluding hydrogens is 342 g/mol. The minimum atomic E-state index is -0.225. The molecule has 1 aromatic carbocycles. The molecule has 0 bridgehead atoms. The Balaban J connectivity index is 1.61. The molecule has 0 aliphatic heterocycles. The lowest BCUT2D eigenvalue weighted by Crippen LogP contribution is -2.31. The number of aromatic nitrogens is 3. The quantitative estimate of drug-likeness (QED) is 0.693. The maximum absolute atomic E-state index is 12.5. The van der Waals surface area contributed by atoms with Crippen LogP contribution in [0.25, 0.3) is 0 Å². The number of carbonyl (C=O) groups is 1. The summed E-state index contributed by atoms with van der Waals surface area (Å²) in [4.78, 5) is 18.4. The van der Waals surface area contributed by atoms with Crippen molar-refractivity contribution in [2.45, 2.75) is 32.7 Å². The van der Waals surface area contributed by atoms with Gasteiger partial charge >= 0.3 is 6.03 Å². The Labute approximate surface area is 158 Å². The van der Waals surface area contributed by atoms with E-state index in [-0.39, 0.29) is 12.6 Å². The molecule has 7 nitrogen and oxygen atoms in total. The van der Waals surface area contributed by atoms with Crippen molar-refractivity contribution in [1.29, 1.82) is 0 Å². The van der Waals surface area contributed by atoms with E-state index >= 15 is 0 Å². The fraction of sp³-hybridized carbons (Fsp3) is 0.300. The predicted octanol–water partition coefficient (Wildman–Crippen LogP) is 3.48. The highest BCUT2D eigenvalue weighted by Gasteiger charge is 2.15. The zero-order chi connectivity index (χ0) is 19.1. The molecule has 140 valence electrons. The number of aryl methyl sites for hydroxylation is 3. The van der Waals surface area contributed by atoms with E-state index in [1.807, 2.05) is 49.4 Å². The molecule has 27 heavy (non-hydrogen) atoms. The third-order valence-corrected chi connectivity index (χ3v) is 4.17. The van der Waals surface area contributed by atoms with Gasteiger partial charge in [-0.1, -0.05) is 31.2 Å². The van der Waals surface area contributed by atoms with Gasteiger partial charge in [0.15, 0.2) is 0 Å². The second-order valence-electron chi connectivity index (χ2n) is 6.21. The van der Waals surface area contributed by atoms with E-state index in [0.717, 1.165) is 29.8 Å². The minimum Gasteiger partial charge on any atom is -0.423 e. The molecule has 2 amide bonds. The predicted molar refractivity (Wildman–Crippen MR) is 102 cm³/mol. The van der Waals surface area contributed by atoms with E-state index in [1.165, 1.54) is 4.90 Å². The van der Waals surface area contributed by atoms with Gasteiger partial charge in [0.1, 0.15) is 6.54 Å². The number of benzene rings is 1. The summed E-state index contributed by atoms with van der Waals surface area (Å²) in [7, 11) is 1.70. The third-order valence-electron chi connectivity index (χ3n) is 4.17. The first-order chi connectivity index (χ1) is 13.2. The summed E-state index contributed by atoms with van der Waals surface area (Å²) in [6.45, 7) is 2.20. The fourth-order valence-electron chi connectivity index (χ4n) is 2.65. The van der Waals surface area contributed by atoms with Crippen molar-refractivity contribution in [2.24, 2.45) is 0 Å². The average Bonchev–Trinajstić information content (AvgIpc) is 3.15. The van der Waals surface area contributed by atoms with E-state index in [4.69, 9.17) is 4.42 Å². The molecular formula is C20H23N5O2. The summed E-state index contributed by atoms with van der Waals surface area (Å²) in [6, 6.07) is 13.5. The minimum absolute atomic E-state index is 0.225. The summed E-state index contributed by atoms with van der Waals surface area (Å²) in [5.74, 6) is 0.992. The van der Waals surface area contributed by atoms with E-state index in [2.05, 4.69) is 20.5 Å². The van der Waals surface area contributed by atoms with Crippen LogP contribution in [0.15, 0.2) is 53.1 Å². The molecule has 2 aromatic heterocycles. The van der Waals surface area contributed by atoms with Gasteiger partial charge in [0.05, 0.1) is 0 Å². The number of hydrogen-bond donors (Lipinski definition) is 1. The summed E-state index contributed by atoms with van der Waals surface area (Å²) < 4.78 is 5.46. The van der Waals surface area contributed by atoms with Crippen LogP contribution in [0, 0.1) is 0 Å². The topological polar surface area (TPSA) is 84.2 Å². The molecule has 0 fully saturated rings. The van der Waals surface area contributed by atoms with E-state index < -0.39 is 0 Å². The fourth-order valence-corrected chi connectivity index (χ4v) is 2.65. The Hall–Kier alpha value is -3.22. The first-order valence-corrected chi connectivity index (χ1v) is 8.97. The van der Waals surface area contributed by atoms with Crippen LogP contribution >= 0.6 is 0 Å². The van der Waals surface area contributed by atoms with Crippen LogP contribution in [-0.4, -0.2) is 33.2 Å². The number of urea groups is 1. The number of anilines is 1. The zero-order valence-corrected chi connectivity index (χ0v) is 15.6. The average molecular weight is 365 g/mol. The Morgan fingerprint density at radius 3 is 2.59 bits per heavy atom. The molecule has 0 saturated heterocycles. The maximum Gasteiger partial charge on any atom is 0.322 e. The van der Waals surface area contributed by atoms with Gasteiger partial charge in [-0.25, -0.2) is 4.79 Å². The van der Waals surface area contributed by atoms with Crippen LogP contribution in [0.3, 0.4) is 0 Å². The van der Waals surface area contributed by atoms with Crippen molar-refractivity contribution in [2.75, 3.05) is 12.4 Å². The standard InChI is InChI=1S/C20H23N5O2/c1-3-18-23-24-19(27-18)14-25(2)20(26)22-17-10-5-4-8-15(17)11-12-16-9-6-7-13-21-16/h4-10,13H,3,11-12,14H2,1-2H3,(H,22,26). The van der Waals surface area contributed by atoms with Crippen LogP contribution < -0.4 is 5.32 Å². The van der Waals surface area contributed by atoms with E-state index in [0.29, 0.717) is 18.2 Å². The lowest BCUT2D eigenvalue weighted by Gasteiger charge is -2.17. The van der Waals surface area contributed by atoms with Gasteiger partial charge in [-0.05, 0) is 36.6 Å². The van der Waals surface area contributed by atoms with Crippen molar-refractivity contribution >= 4 is 11.7 Å². The molecule has 0 radical (unpaired) electrons. The van der Waals surface area contributed by atoms with Gasteiger partial charge in [-0.2, -0.15) is 0 Å². The molecule has 2 heterocycles. The molecule has 0 saturated carbocycles. The largest absolute Gasteiger partial charge is 0.423 e. The Morgan fingerprint density at radius 1 is 1.07 bits per heavy atom. The highest BCUT2D eigenvalue weighted by atomic mass is 16.4. The summed E-state index contributed by atoms with van der Waals surface area (Å²) in [5.41, 5.74) is 2.89. The van der Waals surface area contributed by atoms with E-state index in [1.54, 1.807) is 13.2 Å². The normalized spacial score (nSPS) is 10.6. The molecule has 0 unspecified atom stereocenters. The Morgan fingerprint density at radius 2 is 1.85 bits per heavy atom. The monoisotopic (exact) mass is 365 g/mol. The first-order valence-electron chi connectivity index (χ1n) is 8.97. The van der Waals surface area contributed by atoms with Crippen LogP contribution in [-0.2, 0) is 25.8 Å². The number of nitrogens with one attached hydrogen (secondary N) is 1. The highest BCUT2D eigenvalue weighted by molar-refractivity contribution is 5.89. The van der Waals surface area contributed by atoms with Gasteiger partial charge in [0.2, 0.25) is 11.8 Å². The van der Waals surface area contributed by atoms with Crippen LogP contribution in [0.4, 0.5) is 10.5 Å². The molecule has 1 N–H and O–H groups in total. The van der Waals surface area contributed by atoms with E-state index in [9.17, 15) is 4.79 Å². The lowest BCUT2D eigenvalue weighted by molar-refractivity contribution is 0.215. The third kappa shape index (κ3) is 5.13. The number of rotatable bonds is 7. The highest BCUT2D eigenvalue weighted by Crippen LogP contribution is 2.18. The molecule has 3 rings (SSSR count). The summed E-state index contributed by atoms with van der Waals surface area (Å²) in [5, 5.41) is 10.8. The van der Waals surface area contributed by atoms with Crippen molar-refractivity contribution < 1.29 is 9.21 Å². The van der Waals surface area contributed by atoms with Gasteiger partial charge in [-0.3, -0.25) is 4.98 Å². The molecule has 3 aromatic rings. The number of nitrogens with zero attached hydrogens (tertiary/aromatic N) is 4. The molecule has 7 heteroatoms. The molecule has 0 spiro atoms. The first kappa shape index (κ1) is 18.6. The van der Waals surface area contributed by atoms with Crippen molar-refractivity contribution in [1.82, 2.24) is 20.1 Å². The Bertz CT molecular complexity index is 879. The van der Waals surface area contributed by atoms with Gasteiger partial charge in [0, 0.05) is 31.0 Å². The zero-order valence-electron chi connectivity index (χ0n) is 15.6. The van der Waals surface area contributed by atoms with Gasteiger partial charge in [0.25, 0.3) is 0 Å². The van der Waals surface area contributed by atoms with Crippen LogP contribution in [0.5, 0.6) is 0 Å². The van der Waals surface area contributed by atoms with Gasteiger partial charge < -0.3 is 14.6 Å². The van der Waals surface area contributed by atoms with Crippen molar-refractivity contribution in [3.63, 3.8) is 0 Å². The SMILES string of the molecule is CCc1nnc(CN(C)C(=O)Nc2ccccc2CCc2ccccn2)o1. The second kappa shape index (κ2) is 8.93. The lowest BCUT2D eigenvalue weighted by atomic mass is 10.1. The second-order valence-corrected chi connectivity index (χ2v) is 6.21.